The number of nitrogens with one attached hydrogen (secondary N) is 2. The molecule has 0 bridgehead atoms. The number of aliphatic hydroxyl groups is 1. The highest BCUT2D eigenvalue weighted by atomic mass is 35.5. The highest BCUT2D eigenvalue weighted by Gasteiger charge is 2.45. The minimum atomic E-state index is -0.912. The molecule has 3 rings (SSSR count). The van der Waals surface area contributed by atoms with Gasteiger partial charge < -0.3 is 30.9 Å². The molecule has 42 heavy (non-hydrogen) atoms. The van der Waals surface area contributed by atoms with Gasteiger partial charge in [-0.25, -0.2) is 0 Å². The lowest BCUT2D eigenvalue weighted by Crippen LogP contribution is -2.53. The van der Waals surface area contributed by atoms with Crippen LogP contribution in [0.3, 0.4) is 0 Å². The second kappa shape index (κ2) is 17.7. The normalized spacial score (nSPS) is 16.0. The maximum Gasteiger partial charge on any atom is 0.255 e. The van der Waals surface area contributed by atoms with Crippen molar-refractivity contribution in [1.82, 2.24) is 10.6 Å². The third kappa shape index (κ3) is 9.85. The molecule has 0 radical (unpaired) electrons. The molecule has 0 heterocycles. The van der Waals surface area contributed by atoms with Crippen LogP contribution < -0.4 is 21.1 Å². The standard InChI is InChI=1S/C32H46ClN3O5.ClH/c1-22(2)23(20-35-30(38)26-9-4-5-10-29(26)41-18-7-6-17-40-3)19-27(34)28(37)21-36-31(39)32(15-8-16-32)24-11-13-25(33)14-12-24;/h4-5,9-14,22-23,27-28,37H,6-8,15-21,34H2,1-3H3,(H,35,38)(H,36,39);1H/t23-,27+,28+;/m1./s1. The summed E-state index contributed by atoms with van der Waals surface area (Å²) >= 11 is 6.03. The van der Waals surface area contributed by atoms with E-state index < -0.39 is 17.6 Å². The van der Waals surface area contributed by atoms with Gasteiger partial charge in [-0.15, -0.1) is 12.4 Å². The fourth-order valence-corrected chi connectivity index (χ4v) is 5.32. The summed E-state index contributed by atoms with van der Waals surface area (Å²) in [6.07, 6.45) is 3.81. The number of halogens is 2. The number of unbranched alkanes of at least 4 members (excludes halogenated alkanes) is 1. The van der Waals surface area contributed by atoms with Crippen molar-refractivity contribution in [1.29, 1.82) is 0 Å². The van der Waals surface area contributed by atoms with Gasteiger partial charge in [0.25, 0.3) is 5.91 Å². The quantitative estimate of drug-likeness (QED) is 0.186. The molecule has 1 fully saturated rings. The monoisotopic (exact) mass is 623 g/mol. The molecule has 1 aliphatic carbocycles. The van der Waals surface area contributed by atoms with Gasteiger partial charge in [0.1, 0.15) is 5.75 Å². The van der Waals surface area contributed by atoms with Crippen LogP contribution in [-0.2, 0) is 14.9 Å². The van der Waals surface area contributed by atoms with E-state index in [1.165, 1.54) is 0 Å². The molecule has 0 aromatic heterocycles. The highest BCUT2D eigenvalue weighted by Crippen LogP contribution is 2.44. The van der Waals surface area contributed by atoms with E-state index in [2.05, 4.69) is 24.5 Å². The number of para-hydroxylation sites is 1. The lowest BCUT2D eigenvalue weighted by Gasteiger charge is -2.41. The first-order valence-electron chi connectivity index (χ1n) is 14.6. The lowest BCUT2D eigenvalue weighted by molar-refractivity contribution is -0.130. The van der Waals surface area contributed by atoms with Crippen molar-refractivity contribution in [3.05, 3.63) is 64.7 Å². The van der Waals surface area contributed by atoms with Crippen molar-refractivity contribution in [3.8, 4) is 5.75 Å². The molecule has 1 aliphatic rings. The van der Waals surface area contributed by atoms with Gasteiger partial charge in [-0.2, -0.15) is 0 Å². The van der Waals surface area contributed by atoms with Crippen molar-refractivity contribution in [2.75, 3.05) is 33.4 Å². The molecular weight excluding hydrogens is 577 g/mol. The molecule has 3 atom stereocenters. The Labute approximate surface area is 261 Å². The smallest absolute Gasteiger partial charge is 0.255 e. The molecule has 0 saturated heterocycles. The Bertz CT molecular complexity index is 1110. The van der Waals surface area contributed by atoms with Crippen LogP contribution in [0.4, 0.5) is 0 Å². The van der Waals surface area contributed by atoms with Crippen LogP contribution in [0.15, 0.2) is 48.5 Å². The minimum absolute atomic E-state index is 0. The summed E-state index contributed by atoms with van der Waals surface area (Å²) in [5, 5.41) is 17.4. The van der Waals surface area contributed by atoms with Crippen molar-refractivity contribution in [2.24, 2.45) is 17.6 Å². The predicted octanol–water partition coefficient (Wildman–Crippen LogP) is 4.89. The van der Waals surface area contributed by atoms with E-state index >= 15 is 0 Å². The van der Waals surface area contributed by atoms with Crippen LogP contribution in [0, 0.1) is 11.8 Å². The molecule has 2 amide bonds. The van der Waals surface area contributed by atoms with E-state index in [1.807, 2.05) is 24.3 Å². The molecule has 0 spiro atoms. The number of benzene rings is 2. The Hall–Kier alpha value is -2.36. The molecule has 2 aromatic rings. The summed E-state index contributed by atoms with van der Waals surface area (Å²) in [4.78, 5) is 26.2. The average molecular weight is 625 g/mol. The first kappa shape index (κ1) is 35.8. The maximum absolute atomic E-state index is 13.2. The van der Waals surface area contributed by atoms with Crippen molar-refractivity contribution < 1.29 is 24.2 Å². The van der Waals surface area contributed by atoms with E-state index in [0.717, 1.165) is 37.7 Å². The number of aliphatic hydroxyl groups excluding tert-OH is 1. The van der Waals surface area contributed by atoms with E-state index in [4.69, 9.17) is 26.8 Å². The van der Waals surface area contributed by atoms with Gasteiger partial charge in [-0.05, 0) is 73.8 Å². The van der Waals surface area contributed by atoms with Gasteiger partial charge in [0.2, 0.25) is 5.91 Å². The van der Waals surface area contributed by atoms with Crippen molar-refractivity contribution in [3.63, 3.8) is 0 Å². The molecule has 8 nitrogen and oxygen atoms in total. The SMILES string of the molecule is COCCCCOc1ccccc1C(=O)NC[C@@H](C[C@H](N)[C@@H](O)CNC(=O)C1(c2ccc(Cl)cc2)CCC1)C(C)C.Cl. The number of carbonyl (C=O) groups is 2. The maximum atomic E-state index is 13.2. The summed E-state index contributed by atoms with van der Waals surface area (Å²) in [5.74, 6) is 0.503. The van der Waals surface area contributed by atoms with E-state index in [-0.39, 0.29) is 42.6 Å². The topological polar surface area (TPSA) is 123 Å². The van der Waals surface area contributed by atoms with Crippen LogP contribution in [-0.4, -0.2) is 62.5 Å². The Morgan fingerprint density at radius 3 is 2.31 bits per heavy atom. The van der Waals surface area contributed by atoms with Gasteiger partial charge in [0.05, 0.1) is 23.7 Å². The Morgan fingerprint density at radius 2 is 1.69 bits per heavy atom. The van der Waals surface area contributed by atoms with Gasteiger partial charge in [0.15, 0.2) is 0 Å². The first-order chi connectivity index (χ1) is 19.7. The summed E-state index contributed by atoms with van der Waals surface area (Å²) in [7, 11) is 1.67. The second-order valence-corrected chi connectivity index (χ2v) is 11.8. The van der Waals surface area contributed by atoms with E-state index in [1.54, 1.807) is 31.4 Å². The zero-order valence-electron chi connectivity index (χ0n) is 24.9. The summed E-state index contributed by atoms with van der Waals surface area (Å²) < 4.78 is 10.9. The number of amides is 2. The zero-order chi connectivity index (χ0) is 29.8. The molecule has 0 aliphatic heterocycles. The Balaban J connectivity index is 0.00000616. The van der Waals surface area contributed by atoms with Crippen LogP contribution in [0.25, 0.3) is 0 Å². The van der Waals surface area contributed by atoms with Gasteiger partial charge >= 0.3 is 0 Å². The fraction of sp³-hybridized carbons (Fsp3) is 0.562. The minimum Gasteiger partial charge on any atom is -0.493 e. The van der Waals surface area contributed by atoms with Crippen molar-refractivity contribution in [2.45, 2.75) is 69.9 Å². The number of rotatable bonds is 17. The molecular formula is C32H47Cl2N3O5. The number of hydrogen-bond acceptors (Lipinski definition) is 6. The van der Waals surface area contributed by atoms with Crippen LogP contribution in [0.2, 0.25) is 5.02 Å². The third-order valence-electron chi connectivity index (χ3n) is 8.18. The average Bonchev–Trinajstić information content (AvgIpc) is 2.94. The predicted molar refractivity (Wildman–Crippen MR) is 170 cm³/mol. The highest BCUT2D eigenvalue weighted by molar-refractivity contribution is 6.30. The summed E-state index contributed by atoms with van der Waals surface area (Å²) in [6, 6.07) is 14.1. The summed E-state index contributed by atoms with van der Waals surface area (Å²) in [6.45, 7) is 5.80. The number of nitrogens with two attached hydrogens (primary N) is 1. The molecule has 10 heteroatoms. The molecule has 234 valence electrons. The van der Waals surface area contributed by atoms with Crippen LogP contribution >= 0.6 is 24.0 Å². The van der Waals surface area contributed by atoms with Gasteiger partial charge in [0, 0.05) is 37.9 Å². The zero-order valence-corrected chi connectivity index (χ0v) is 26.5. The van der Waals surface area contributed by atoms with E-state index in [0.29, 0.717) is 42.5 Å². The molecule has 1 saturated carbocycles. The van der Waals surface area contributed by atoms with Crippen molar-refractivity contribution >= 4 is 35.8 Å². The first-order valence-corrected chi connectivity index (χ1v) is 15.0. The van der Waals surface area contributed by atoms with Crippen LogP contribution in [0.5, 0.6) is 5.75 Å². The molecule has 0 unspecified atom stereocenters. The summed E-state index contributed by atoms with van der Waals surface area (Å²) in [5.41, 5.74) is 7.25. The molecule has 5 N–H and O–H groups in total. The lowest BCUT2D eigenvalue weighted by atomic mass is 9.64. The largest absolute Gasteiger partial charge is 0.493 e. The molecule has 2 aromatic carbocycles. The number of carbonyl (C=O) groups excluding carboxylic acids is 2. The number of methoxy groups -OCH3 is 1. The van der Waals surface area contributed by atoms with Gasteiger partial charge in [-0.1, -0.05) is 56.1 Å². The Morgan fingerprint density at radius 1 is 1.02 bits per heavy atom. The number of ether oxygens (including phenoxy) is 2. The van der Waals surface area contributed by atoms with E-state index in [9.17, 15) is 14.7 Å². The second-order valence-electron chi connectivity index (χ2n) is 11.4. The fourth-order valence-electron chi connectivity index (χ4n) is 5.19. The number of hydrogen-bond donors (Lipinski definition) is 4. The Kier molecular flexibility index (Phi) is 15.1. The third-order valence-corrected chi connectivity index (χ3v) is 8.43. The van der Waals surface area contributed by atoms with Gasteiger partial charge in [-0.3, -0.25) is 9.59 Å². The van der Waals surface area contributed by atoms with Crippen LogP contribution in [0.1, 0.15) is 68.3 Å².